The highest BCUT2D eigenvalue weighted by molar-refractivity contribution is 5.87. The van der Waals surface area contributed by atoms with E-state index in [0.717, 1.165) is 19.4 Å². The normalized spacial score (nSPS) is 12.4. The molecule has 3 aromatic rings. The van der Waals surface area contributed by atoms with E-state index in [1.165, 1.54) is 23.3 Å². The van der Waals surface area contributed by atoms with Gasteiger partial charge in [0.15, 0.2) is 0 Å². The number of nitrogens with one attached hydrogen (secondary N) is 2. The molecule has 1 atom stereocenters. The van der Waals surface area contributed by atoms with Crippen LogP contribution in [0.5, 0.6) is 5.75 Å². The van der Waals surface area contributed by atoms with Gasteiger partial charge in [-0.25, -0.2) is 0 Å². The Morgan fingerprint density at radius 2 is 1.92 bits per heavy atom. The third-order valence-electron chi connectivity index (χ3n) is 4.66. The second-order valence-corrected chi connectivity index (χ2v) is 6.54. The molecule has 5 nitrogen and oxygen atoms in total. The molecule has 3 rings (SSSR count). The van der Waals surface area contributed by atoms with Crippen molar-refractivity contribution in [3.63, 3.8) is 0 Å². The summed E-state index contributed by atoms with van der Waals surface area (Å²) in [5.74, 6) is -0.000148. The van der Waals surface area contributed by atoms with Gasteiger partial charge < -0.3 is 20.5 Å². The molecule has 26 heavy (non-hydrogen) atoms. The predicted octanol–water partition coefficient (Wildman–Crippen LogP) is 2.80. The summed E-state index contributed by atoms with van der Waals surface area (Å²) in [5.41, 5.74) is 3.41. The van der Waals surface area contributed by atoms with Gasteiger partial charge in [0, 0.05) is 18.0 Å². The number of H-pyrrole nitrogens is 1. The Morgan fingerprint density at radius 1 is 1.12 bits per heavy atom. The molecule has 0 fully saturated rings. The molecule has 0 radical (unpaired) electrons. The van der Waals surface area contributed by atoms with E-state index in [-0.39, 0.29) is 11.3 Å². The predicted molar refractivity (Wildman–Crippen MR) is 104 cm³/mol. The lowest BCUT2D eigenvalue weighted by molar-refractivity contribution is 0.176. The average molecular weight is 352 g/mol. The van der Waals surface area contributed by atoms with Crippen LogP contribution in [-0.2, 0) is 6.42 Å². The molecule has 1 aromatic heterocycles. The Hall–Kier alpha value is -2.63. The summed E-state index contributed by atoms with van der Waals surface area (Å²) in [6.07, 6.45) is 1.27. The van der Waals surface area contributed by atoms with E-state index in [2.05, 4.69) is 35.4 Å². The molecule has 0 spiro atoms. The first kappa shape index (κ1) is 18.2. The lowest BCUT2D eigenvalue weighted by Crippen LogP contribution is -2.23. The molecular weight excluding hydrogens is 328 g/mol. The van der Waals surface area contributed by atoms with Gasteiger partial charge in [-0.15, -0.1) is 0 Å². The lowest BCUT2D eigenvalue weighted by Gasteiger charge is -2.15. The van der Waals surface area contributed by atoms with Crippen LogP contribution in [0.25, 0.3) is 10.9 Å². The summed E-state index contributed by atoms with van der Waals surface area (Å²) in [6.45, 7) is 3.33. The summed E-state index contributed by atoms with van der Waals surface area (Å²) in [4.78, 5) is 14.1. The molecule has 5 heteroatoms. The van der Waals surface area contributed by atoms with E-state index >= 15 is 0 Å². The minimum absolute atomic E-state index is 0.000148. The van der Waals surface area contributed by atoms with E-state index < -0.39 is 6.10 Å². The first-order valence-corrected chi connectivity index (χ1v) is 8.84. The van der Waals surface area contributed by atoms with Gasteiger partial charge in [0.25, 0.3) is 0 Å². The lowest BCUT2D eigenvalue weighted by atomic mass is 10.0. The van der Waals surface area contributed by atoms with Crippen molar-refractivity contribution in [1.82, 2.24) is 10.3 Å². The molecule has 0 aliphatic heterocycles. The molecule has 0 saturated carbocycles. The van der Waals surface area contributed by atoms with Crippen LogP contribution in [0.1, 0.15) is 29.2 Å². The Labute approximate surface area is 152 Å². The zero-order valence-electron chi connectivity index (χ0n) is 14.8. The molecule has 1 heterocycles. The molecule has 0 bridgehead atoms. The largest absolute Gasteiger partial charge is 0.506 e. The molecule has 0 aliphatic rings. The Bertz CT molecular complexity index is 949. The Balaban J connectivity index is 1.58. The number of aliphatic hydroxyl groups is 1. The quantitative estimate of drug-likeness (QED) is 0.493. The molecule has 0 aliphatic carbocycles. The van der Waals surface area contributed by atoms with Gasteiger partial charge in [0.2, 0.25) is 5.56 Å². The standard InChI is InChI=1S/C21H24N2O3/c1-14-5-2-3-6-15(14)7-4-12-22-13-19(25)16-8-10-18(24)21-17(16)9-11-20(26)23-21/h2-3,5-6,8-11,19,22,24-25H,4,7,12-13H2,1H3,(H,23,26). The highest BCUT2D eigenvalue weighted by atomic mass is 16.3. The summed E-state index contributed by atoms with van der Waals surface area (Å²) in [7, 11) is 0. The molecule has 0 amide bonds. The summed E-state index contributed by atoms with van der Waals surface area (Å²) in [5, 5.41) is 24.3. The maximum absolute atomic E-state index is 11.5. The van der Waals surface area contributed by atoms with Gasteiger partial charge in [0.05, 0.1) is 11.6 Å². The number of fused-ring (bicyclic) bond motifs is 1. The van der Waals surface area contributed by atoms with Crippen molar-refractivity contribution in [2.45, 2.75) is 25.9 Å². The van der Waals surface area contributed by atoms with Crippen molar-refractivity contribution in [3.05, 3.63) is 75.6 Å². The second-order valence-electron chi connectivity index (χ2n) is 6.54. The number of hydrogen-bond acceptors (Lipinski definition) is 4. The Kier molecular flexibility index (Phi) is 5.71. The van der Waals surface area contributed by atoms with Crippen LogP contribution in [0.2, 0.25) is 0 Å². The van der Waals surface area contributed by atoms with Crippen LogP contribution in [0.15, 0.2) is 53.3 Å². The number of pyridine rings is 1. The highest BCUT2D eigenvalue weighted by Gasteiger charge is 2.13. The van der Waals surface area contributed by atoms with Gasteiger partial charge in [-0.2, -0.15) is 0 Å². The van der Waals surface area contributed by atoms with E-state index in [4.69, 9.17) is 0 Å². The summed E-state index contributed by atoms with van der Waals surface area (Å²) < 4.78 is 0. The smallest absolute Gasteiger partial charge is 0.248 e. The zero-order chi connectivity index (χ0) is 18.5. The summed E-state index contributed by atoms with van der Waals surface area (Å²) in [6, 6.07) is 14.6. The molecule has 1 unspecified atom stereocenters. The van der Waals surface area contributed by atoms with Crippen molar-refractivity contribution in [2.75, 3.05) is 13.1 Å². The number of phenolic OH excluding ortho intramolecular Hbond substituents is 1. The van der Waals surface area contributed by atoms with E-state index in [1.54, 1.807) is 12.1 Å². The number of aromatic amines is 1. The van der Waals surface area contributed by atoms with Crippen LogP contribution in [0.3, 0.4) is 0 Å². The molecule has 0 saturated heterocycles. The number of aryl methyl sites for hydroxylation is 2. The highest BCUT2D eigenvalue weighted by Crippen LogP contribution is 2.28. The van der Waals surface area contributed by atoms with Crippen molar-refractivity contribution in [3.8, 4) is 5.75 Å². The molecule has 4 N–H and O–H groups in total. The fourth-order valence-corrected chi connectivity index (χ4v) is 3.19. The molecule has 136 valence electrons. The number of aromatic nitrogens is 1. The number of benzene rings is 2. The maximum Gasteiger partial charge on any atom is 0.248 e. The minimum atomic E-state index is -0.720. The second kappa shape index (κ2) is 8.17. The fourth-order valence-electron chi connectivity index (χ4n) is 3.19. The van der Waals surface area contributed by atoms with Gasteiger partial charge in [-0.05, 0) is 55.1 Å². The van der Waals surface area contributed by atoms with Crippen molar-refractivity contribution < 1.29 is 10.2 Å². The monoisotopic (exact) mass is 352 g/mol. The van der Waals surface area contributed by atoms with Gasteiger partial charge in [0.1, 0.15) is 5.75 Å². The van der Waals surface area contributed by atoms with Crippen LogP contribution in [-0.4, -0.2) is 28.3 Å². The molecular formula is C21H24N2O3. The van der Waals surface area contributed by atoms with Crippen molar-refractivity contribution >= 4 is 10.9 Å². The van der Waals surface area contributed by atoms with E-state index in [1.807, 2.05) is 6.07 Å². The third-order valence-corrected chi connectivity index (χ3v) is 4.66. The SMILES string of the molecule is Cc1ccccc1CCCNCC(O)c1ccc(O)c2[nH]c(=O)ccc12. The fraction of sp³-hybridized carbons (Fsp3) is 0.286. The van der Waals surface area contributed by atoms with Crippen LogP contribution >= 0.6 is 0 Å². The number of aromatic hydroxyl groups is 1. The van der Waals surface area contributed by atoms with Gasteiger partial charge >= 0.3 is 0 Å². The number of phenols is 1. The van der Waals surface area contributed by atoms with Gasteiger partial charge in [-0.1, -0.05) is 30.3 Å². The van der Waals surface area contributed by atoms with Crippen LogP contribution in [0, 0.1) is 6.92 Å². The topological polar surface area (TPSA) is 85.3 Å². The minimum Gasteiger partial charge on any atom is -0.506 e. The molecule has 2 aromatic carbocycles. The Morgan fingerprint density at radius 3 is 2.73 bits per heavy atom. The van der Waals surface area contributed by atoms with E-state index in [9.17, 15) is 15.0 Å². The summed E-state index contributed by atoms with van der Waals surface area (Å²) >= 11 is 0. The first-order chi connectivity index (χ1) is 12.6. The maximum atomic E-state index is 11.5. The average Bonchev–Trinajstić information content (AvgIpc) is 2.63. The zero-order valence-corrected chi connectivity index (χ0v) is 14.8. The van der Waals surface area contributed by atoms with Crippen molar-refractivity contribution in [1.29, 1.82) is 0 Å². The first-order valence-electron chi connectivity index (χ1n) is 8.84. The third kappa shape index (κ3) is 4.12. The van der Waals surface area contributed by atoms with Crippen LogP contribution < -0.4 is 10.9 Å². The van der Waals surface area contributed by atoms with Crippen LogP contribution in [0.4, 0.5) is 0 Å². The number of aliphatic hydroxyl groups excluding tert-OH is 1. The van der Waals surface area contributed by atoms with E-state index in [0.29, 0.717) is 23.0 Å². The number of rotatable bonds is 7. The van der Waals surface area contributed by atoms with Crippen molar-refractivity contribution in [2.24, 2.45) is 0 Å². The van der Waals surface area contributed by atoms with Gasteiger partial charge in [-0.3, -0.25) is 4.79 Å². The number of hydrogen-bond donors (Lipinski definition) is 4.